The SMILES string of the molecule is O=Cc1ccc2c(c1)c1ccccc1n2C1OC(CO)C(O)C(O)C1O. The van der Waals surface area contributed by atoms with Crippen molar-refractivity contribution in [3.8, 4) is 0 Å². The first kappa shape index (κ1) is 17.1. The van der Waals surface area contributed by atoms with Crippen LogP contribution >= 0.6 is 0 Å². The van der Waals surface area contributed by atoms with Crippen molar-refractivity contribution in [1.29, 1.82) is 0 Å². The van der Waals surface area contributed by atoms with E-state index in [1.54, 1.807) is 22.8 Å². The number of aldehydes is 1. The van der Waals surface area contributed by atoms with Gasteiger partial charge in [0.25, 0.3) is 0 Å². The van der Waals surface area contributed by atoms with Gasteiger partial charge in [0.2, 0.25) is 0 Å². The van der Waals surface area contributed by atoms with Crippen molar-refractivity contribution in [1.82, 2.24) is 4.57 Å². The number of hydrogen-bond acceptors (Lipinski definition) is 6. The fourth-order valence-corrected chi connectivity index (χ4v) is 3.66. The minimum atomic E-state index is -1.46. The van der Waals surface area contributed by atoms with Crippen LogP contribution in [0.3, 0.4) is 0 Å². The van der Waals surface area contributed by atoms with E-state index in [0.717, 1.165) is 22.6 Å². The number of carbonyl (C=O) groups excluding carboxylic acids is 1. The summed E-state index contributed by atoms with van der Waals surface area (Å²) in [6.07, 6.45) is -5.51. The largest absolute Gasteiger partial charge is 0.394 e. The number of aromatic nitrogens is 1. The van der Waals surface area contributed by atoms with Gasteiger partial charge in [-0.2, -0.15) is 0 Å². The molecule has 2 aromatic carbocycles. The van der Waals surface area contributed by atoms with E-state index in [9.17, 15) is 25.2 Å². The van der Waals surface area contributed by atoms with Crippen LogP contribution in [0.25, 0.3) is 21.8 Å². The molecule has 0 saturated carbocycles. The quantitative estimate of drug-likeness (QED) is 0.510. The highest BCUT2D eigenvalue weighted by Gasteiger charge is 2.44. The first-order valence-electron chi connectivity index (χ1n) is 8.35. The zero-order valence-electron chi connectivity index (χ0n) is 13.8. The molecule has 7 heteroatoms. The summed E-state index contributed by atoms with van der Waals surface area (Å²) in [5.74, 6) is 0. The summed E-state index contributed by atoms with van der Waals surface area (Å²) >= 11 is 0. The molecule has 1 saturated heterocycles. The van der Waals surface area contributed by atoms with Crippen LogP contribution in [0.15, 0.2) is 42.5 Å². The van der Waals surface area contributed by atoms with Crippen LogP contribution in [0.5, 0.6) is 0 Å². The third kappa shape index (κ3) is 2.45. The van der Waals surface area contributed by atoms with Gasteiger partial charge in [0.1, 0.15) is 30.7 Å². The standard InChI is InChI=1S/C19H19NO6/c21-8-10-5-6-14-12(7-10)11-3-1-2-4-13(11)20(14)19-18(25)17(24)16(23)15(9-22)26-19/h1-8,15-19,22-25H,9H2. The van der Waals surface area contributed by atoms with Crippen molar-refractivity contribution in [3.05, 3.63) is 48.0 Å². The second-order valence-corrected chi connectivity index (χ2v) is 6.50. The molecule has 1 aromatic heterocycles. The predicted molar refractivity (Wildman–Crippen MR) is 93.8 cm³/mol. The van der Waals surface area contributed by atoms with Crippen LogP contribution in [0, 0.1) is 0 Å². The Morgan fingerprint density at radius 1 is 0.962 bits per heavy atom. The van der Waals surface area contributed by atoms with Gasteiger partial charge in [0.15, 0.2) is 6.23 Å². The Balaban J connectivity index is 1.96. The molecule has 1 fully saturated rings. The number of rotatable bonds is 3. The summed E-state index contributed by atoms with van der Waals surface area (Å²) in [6, 6.07) is 12.6. The Kier molecular flexibility index (Phi) is 4.26. The molecule has 5 unspecified atom stereocenters. The maximum absolute atomic E-state index is 11.1. The second-order valence-electron chi connectivity index (χ2n) is 6.50. The molecule has 2 heterocycles. The second kappa shape index (κ2) is 6.46. The fourth-order valence-electron chi connectivity index (χ4n) is 3.66. The van der Waals surface area contributed by atoms with E-state index in [0.29, 0.717) is 11.1 Å². The zero-order valence-corrected chi connectivity index (χ0v) is 13.8. The molecule has 26 heavy (non-hydrogen) atoms. The number of aliphatic hydroxyl groups excluding tert-OH is 4. The van der Waals surface area contributed by atoms with Crippen molar-refractivity contribution >= 4 is 28.1 Å². The topological polar surface area (TPSA) is 112 Å². The summed E-state index contributed by atoms with van der Waals surface area (Å²) in [6.45, 7) is -0.492. The maximum atomic E-state index is 11.1. The highest BCUT2D eigenvalue weighted by atomic mass is 16.6. The van der Waals surface area contributed by atoms with E-state index in [1.807, 2.05) is 24.3 Å². The number of para-hydroxylation sites is 1. The average molecular weight is 357 g/mol. The van der Waals surface area contributed by atoms with Crippen LogP contribution in [0.1, 0.15) is 16.6 Å². The van der Waals surface area contributed by atoms with Crippen LogP contribution in [0.2, 0.25) is 0 Å². The van der Waals surface area contributed by atoms with E-state index in [2.05, 4.69) is 0 Å². The van der Waals surface area contributed by atoms with E-state index in [1.165, 1.54) is 0 Å². The van der Waals surface area contributed by atoms with Crippen molar-refractivity contribution < 1.29 is 30.0 Å². The maximum Gasteiger partial charge on any atom is 0.163 e. The monoisotopic (exact) mass is 357 g/mol. The van der Waals surface area contributed by atoms with E-state index in [4.69, 9.17) is 4.74 Å². The third-order valence-corrected chi connectivity index (χ3v) is 4.99. The average Bonchev–Trinajstić information content (AvgIpc) is 3.00. The molecule has 0 amide bonds. The lowest BCUT2D eigenvalue weighted by Crippen LogP contribution is -2.56. The summed E-state index contributed by atoms with van der Waals surface area (Å²) in [5.41, 5.74) is 1.98. The lowest BCUT2D eigenvalue weighted by Gasteiger charge is -2.41. The summed E-state index contributed by atoms with van der Waals surface area (Å²) in [7, 11) is 0. The van der Waals surface area contributed by atoms with Gasteiger partial charge in [-0.25, -0.2) is 0 Å². The molecular weight excluding hydrogens is 338 g/mol. The first-order chi connectivity index (χ1) is 12.6. The highest BCUT2D eigenvalue weighted by molar-refractivity contribution is 6.09. The molecule has 0 spiro atoms. The molecule has 1 aliphatic heterocycles. The van der Waals surface area contributed by atoms with Gasteiger partial charge in [0.05, 0.1) is 17.6 Å². The van der Waals surface area contributed by atoms with E-state index >= 15 is 0 Å². The predicted octanol–water partition coefficient (Wildman–Crippen LogP) is 0.579. The summed E-state index contributed by atoms with van der Waals surface area (Å²) in [4.78, 5) is 11.1. The molecule has 0 aliphatic carbocycles. The van der Waals surface area contributed by atoms with Gasteiger partial charge >= 0.3 is 0 Å². The molecule has 1 aliphatic rings. The molecule has 4 N–H and O–H groups in total. The van der Waals surface area contributed by atoms with Gasteiger partial charge < -0.3 is 29.7 Å². The minimum Gasteiger partial charge on any atom is -0.394 e. The van der Waals surface area contributed by atoms with Gasteiger partial charge in [-0.05, 0) is 24.3 Å². The number of fused-ring (bicyclic) bond motifs is 3. The molecule has 5 atom stereocenters. The van der Waals surface area contributed by atoms with Crippen molar-refractivity contribution in [2.45, 2.75) is 30.6 Å². The number of nitrogens with zero attached hydrogens (tertiary/aromatic N) is 1. The molecular formula is C19H19NO6. The number of carbonyl (C=O) groups is 1. The highest BCUT2D eigenvalue weighted by Crippen LogP contribution is 2.37. The zero-order chi connectivity index (χ0) is 18.4. The van der Waals surface area contributed by atoms with Crippen molar-refractivity contribution in [3.63, 3.8) is 0 Å². The Hall–Kier alpha value is -2.29. The van der Waals surface area contributed by atoms with Gasteiger partial charge in [-0.1, -0.05) is 18.2 Å². The third-order valence-electron chi connectivity index (χ3n) is 4.99. The lowest BCUT2D eigenvalue weighted by atomic mass is 9.98. The fraction of sp³-hybridized carbons (Fsp3) is 0.316. The molecule has 0 bridgehead atoms. The van der Waals surface area contributed by atoms with Crippen LogP contribution < -0.4 is 0 Å². The lowest BCUT2D eigenvalue weighted by molar-refractivity contribution is -0.249. The molecule has 0 radical (unpaired) electrons. The van der Waals surface area contributed by atoms with E-state index in [-0.39, 0.29) is 0 Å². The molecule has 7 nitrogen and oxygen atoms in total. The summed E-state index contributed by atoms with van der Waals surface area (Å²) in [5, 5.41) is 41.8. The van der Waals surface area contributed by atoms with E-state index < -0.39 is 37.3 Å². The van der Waals surface area contributed by atoms with Crippen molar-refractivity contribution in [2.75, 3.05) is 6.61 Å². The van der Waals surface area contributed by atoms with Crippen LogP contribution in [0.4, 0.5) is 0 Å². The molecule has 3 aromatic rings. The normalized spacial score (nSPS) is 29.3. The number of benzene rings is 2. The van der Waals surface area contributed by atoms with Crippen LogP contribution in [-0.4, -0.2) is 62.3 Å². The van der Waals surface area contributed by atoms with Gasteiger partial charge in [-0.3, -0.25) is 4.79 Å². The van der Waals surface area contributed by atoms with Gasteiger partial charge in [-0.15, -0.1) is 0 Å². The van der Waals surface area contributed by atoms with Crippen LogP contribution in [-0.2, 0) is 4.74 Å². The Morgan fingerprint density at radius 2 is 1.69 bits per heavy atom. The van der Waals surface area contributed by atoms with Crippen molar-refractivity contribution in [2.24, 2.45) is 0 Å². The Labute approximate surface area is 148 Å². The van der Waals surface area contributed by atoms with Gasteiger partial charge in [0, 0.05) is 16.3 Å². The Morgan fingerprint density at radius 3 is 2.42 bits per heavy atom. The number of hydrogen-bond donors (Lipinski definition) is 4. The minimum absolute atomic E-state index is 0.492. The summed E-state index contributed by atoms with van der Waals surface area (Å²) < 4.78 is 7.46. The number of aliphatic hydroxyl groups is 4. The molecule has 136 valence electrons. The Bertz CT molecular complexity index is 965. The smallest absolute Gasteiger partial charge is 0.163 e. The molecule has 4 rings (SSSR count). The number of ether oxygens (including phenoxy) is 1. The first-order valence-corrected chi connectivity index (χ1v) is 8.35.